The summed E-state index contributed by atoms with van der Waals surface area (Å²) in [6.45, 7) is 1.58. The number of benzene rings is 1. The van der Waals surface area contributed by atoms with Gasteiger partial charge in [-0.15, -0.1) is 11.8 Å². The first-order valence-electron chi connectivity index (χ1n) is 9.84. The maximum absolute atomic E-state index is 12.9. The zero-order chi connectivity index (χ0) is 20.2. The van der Waals surface area contributed by atoms with E-state index in [1.54, 1.807) is 30.1 Å². The van der Waals surface area contributed by atoms with E-state index in [-0.39, 0.29) is 18.4 Å². The lowest BCUT2D eigenvalue weighted by molar-refractivity contribution is -0.120. The third kappa shape index (κ3) is 4.85. The summed E-state index contributed by atoms with van der Waals surface area (Å²) in [7, 11) is 0. The number of anilines is 2. The number of piperazine rings is 1. The van der Waals surface area contributed by atoms with Crippen LogP contribution in [0.1, 0.15) is 36.0 Å². The number of thioether (sulfide) groups is 1. The maximum Gasteiger partial charge on any atom is 0.258 e. The Kier molecular flexibility index (Phi) is 6.25. The van der Waals surface area contributed by atoms with Crippen molar-refractivity contribution in [2.24, 2.45) is 0 Å². The fourth-order valence-electron chi connectivity index (χ4n) is 3.71. The molecular formula is C21H23ClN4O2S. The van der Waals surface area contributed by atoms with Crippen molar-refractivity contribution >= 4 is 46.6 Å². The third-order valence-electron chi connectivity index (χ3n) is 5.18. The molecule has 4 rings (SSSR count). The van der Waals surface area contributed by atoms with E-state index >= 15 is 0 Å². The number of carbonyl (C=O) groups excluding carboxylic acids is 2. The van der Waals surface area contributed by atoms with Gasteiger partial charge in [-0.1, -0.05) is 24.4 Å². The molecule has 2 aromatic rings. The van der Waals surface area contributed by atoms with E-state index in [1.165, 1.54) is 25.7 Å². The topological polar surface area (TPSA) is 74.3 Å². The van der Waals surface area contributed by atoms with E-state index in [1.807, 2.05) is 23.1 Å². The third-order valence-corrected chi connectivity index (χ3v) is 6.84. The minimum Gasteiger partial charge on any atom is -0.359 e. The lowest BCUT2D eigenvalue weighted by Crippen LogP contribution is -2.47. The molecule has 29 heavy (non-hydrogen) atoms. The number of nitrogens with zero attached hydrogens (tertiary/aromatic N) is 2. The summed E-state index contributed by atoms with van der Waals surface area (Å²) in [6.07, 6.45) is 6.57. The SMILES string of the molecule is O=C1CN(c2ccc(NC(=O)c3cccnc3SC3CCCC3)cc2Cl)CCN1. The lowest BCUT2D eigenvalue weighted by Gasteiger charge is -2.29. The maximum atomic E-state index is 12.9. The lowest BCUT2D eigenvalue weighted by atomic mass is 10.2. The van der Waals surface area contributed by atoms with Gasteiger partial charge < -0.3 is 15.5 Å². The van der Waals surface area contributed by atoms with Crippen molar-refractivity contribution in [2.45, 2.75) is 36.0 Å². The van der Waals surface area contributed by atoms with Crippen molar-refractivity contribution in [2.75, 3.05) is 29.9 Å². The van der Waals surface area contributed by atoms with Crippen LogP contribution in [0.2, 0.25) is 5.02 Å². The normalized spacial score (nSPS) is 17.3. The van der Waals surface area contributed by atoms with Gasteiger partial charge in [-0.25, -0.2) is 4.98 Å². The highest BCUT2D eigenvalue weighted by molar-refractivity contribution is 7.99. The molecule has 1 aliphatic heterocycles. The van der Waals surface area contributed by atoms with E-state index in [2.05, 4.69) is 15.6 Å². The highest BCUT2D eigenvalue weighted by Crippen LogP contribution is 2.35. The molecule has 1 saturated carbocycles. The number of aromatic nitrogens is 1. The van der Waals surface area contributed by atoms with E-state index in [9.17, 15) is 9.59 Å². The Morgan fingerprint density at radius 3 is 2.86 bits per heavy atom. The molecule has 2 fully saturated rings. The zero-order valence-electron chi connectivity index (χ0n) is 16.0. The molecule has 2 aliphatic rings. The van der Waals surface area contributed by atoms with Gasteiger partial charge in [-0.2, -0.15) is 0 Å². The first-order chi connectivity index (χ1) is 14.1. The number of halogens is 1. The molecule has 2 N–H and O–H groups in total. The number of amides is 2. The van der Waals surface area contributed by atoms with Crippen LogP contribution in [0, 0.1) is 0 Å². The number of carbonyl (C=O) groups is 2. The Balaban J connectivity index is 1.47. The largest absolute Gasteiger partial charge is 0.359 e. The van der Waals surface area contributed by atoms with Gasteiger partial charge >= 0.3 is 0 Å². The number of nitrogens with one attached hydrogen (secondary N) is 2. The molecule has 1 aliphatic carbocycles. The molecule has 0 radical (unpaired) electrons. The van der Waals surface area contributed by atoms with Gasteiger partial charge in [0.15, 0.2) is 0 Å². The van der Waals surface area contributed by atoms with E-state index < -0.39 is 0 Å². The summed E-state index contributed by atoms with van der Waals surface area (Å²) in [4.78, 5) is 30.9. The summed E-state index contributed by atoms with van der Waals surface area (Å²) in [6, 6.07) is 8.97. The molecular weight excluding hydrogens is 408 g/mol. The smallest absolute Gasteiger partial charge is 0.258 e. The van der Waals surface area contributed by atoms with E-state index in [4.69, 9.17) is 11.6 Å². The fraction of sp³-hybridized carbons (Fsp3) is 0.381. The number of hydrogen-bond donors (Lipinski definition) is 2. The van der Waals surface area contributed by atoms with Crippen LogP contribution < -0.4 is 15.5 Å². The Morgan fingerprint density at radius 1 is 1.28 bits per heavy atom. The molecule has 0 spiro atoms. The van der Waals surface area contributed by atoms with Crippen molar-refractivity contribution in [3.05, 3.63) is 47.1 Å². The Bertz CT molecular complexity index is 917. The second-order valence-corrected chi connectivity index (χ2v) is 8.97. The molecule has 0 atom stereocenters. The van der Waals surface area contributed by atoms with Gasteiger partial charge in [0.1, 0.15) is 5.03 Å². The summed E-state index contributed by atoms with van der Waals surface area (Å²) in [5.41, 5.74) is 1.99. The molecule has 8 heteroatoms. The second kappa shape index (κ2) is 9.05. The van der Waals surface area contributed by atoms with Gasteiger partial charge in [0.05, 0.1) is 22.8 Å². The van der Waals surface area contributed by atoms with Crippen LogP contribution in [0.3, 0.4) is 0 Å². The number of pyridine rings is 1. The van der Waals surface area contributed by atoms with E-state index in [0.717, 1.165) is 10.7 Å². The van der Waals surface area contributed by atoms with Gasteiger partial charge in [-0.05, 0) is 43.2 Å². The van der Waals surface area contributed by atoms with Crippen LogP contribution in [-0.2, 0) is 4.79 Å². The summed E-state index contributed by atoms with van der Waals surface area (Å²) < 4.78 is 0. The van der Waals surface area contributed by atoms with Crippen LogP contribution in [0.4, 0.5) is 11.4 Å². The van der Waals surface area contributed by atoms with Crippen molar-refractivity contribution in [3.8, 4) is 0 Å². The predicted octanol–water partition coefficient (Wildman–Crippen LogP) is 3.96. The first-order valence-corrected chi connectivity index (χ1v) is 11.1. The monoisotopic (exact) mass is 430 g/mol. The van der Waals surface area contributed by atoms with Crippen LogP contribution in [0.15, 0.2) is 41.6 Å². The predicted molar refractivity (Wildman–Crippen MR) is 117 cm³/mol. The molecule has 1 saturated heterocycles. The molecule has 0 unspecified atom stereocenters. The minimum absolute atomic E-state index is 0.0198. The zero-order valence-corrected chi connectivity index (χ0v) is 17.6. The summed E-state index contributed by atoms with van der Waals surface area (Å²) in [5, 5.41) is 7.54. The minimum atomic E-state index is -0.195. The standard InChI is InChI=1S/C21H23ClN4O2S/c22-17-12-14(7-8-18(17)26-11-10-23-19(27)13-26)25-20(28)16-6-3-9-24-21(16)29-15-4-1-2-5-15/h3,6-9,12,15H,1-2,4-5,10-11,13H2,(H,23,27)(H,25,28). The van der Waals surface area contributed by atoms with Crippen LogP contribution in [0.25, 0.3) is 0 Å². The first kappa shape index (κ1) is 20.0. The Hall–Kier alpha value is -2.25. The molecule has 2 amide bonds. The Morgan fingerprint density at radius 2 is 2.10 bits per heavy atom. The quantitative estimate of drug-likeness (QED) is 0.751. The van der Waals surface area contributed by atoms with Gasteiger partial charge in [-0.3, -0.25) is 9.59 Å². The van der Waals surface area contributed by atoms with Gasteiger partial charge in [0.25, 0.3) is 5.91 Å². The summed E-state index contributed by atoms with van der Waals surface area (Å²) >= 11 is 8.14. The highest BCUT2D eigenvalue weighted by atomic mass is 35.5. The number of hydrogen-bond acceptors (Lipinski definition) is 5. The second-order valence-electron chi connectivity index (χ2n) is 7.27. The summed E-state index contributed by atoms with van der Waals surface area (Å²) in [5.74, 6) is -0.215. The van der Waals surface area contributed by atoms with Crippen molar-refractivity contribution in [3.63, 3.8) is 0 Å². The molecule has 2 heterocycles. The van der Waals surface area contributed by atoms with Crippen molar-refractivity contribution in [1.82, 2.24) is 10.3 Å². The average molecular weight is 431 g/mol. The number of rotatable bonds is 5. The van der Waals surface area contributed by atoms with Crippen LogP contribution in [0.5, 0.6) is 0 Å². The average Bonchev–Trinajstić information content (AvgIpc) is 3.21. The van der Waals surface area contributed by atoms with Crippen molar-refractivity contribution < 1.29 is 9.59 Å². The molecule has 1 aromatic heterocycles. The Labute approximate surface area is 179 Å². The van der Waals surface area contributed by atoms with Crippen LogP contribution >= 0.6 is 23.4 Å². The fourth-order valence-corrected chi connectivity index (χ4v) is 5.30. The molecule has 6 nitrogen and oxygen atoms in total. The molecule has 1 aromatic carbocycles. The van der Waals surface area contributed by atoms with Gasteiger partial charge in [0, 0.05) is 30.2 Å². The highest BCUT2D eigenvalue weighted by Gasteiger charge is 2.22. The van der Waals surface area contributed by atoms with E-state index in [0.29, 0.717) is 34.6 Å². The molecule has 0 bridgehead atoms. The molecule has 152 valence electrons. The van der Waals surface area contributed by atoms with Crippen LogP contribution in [-0.4, -0.2) is 41.7 Å². The van der Waals surface area contributed by atoms with Crippen molar-refractivity contribution in [1.29, 1.82) is 0 Å². The van der Waals surface area contributed by atoms with Gasteiger partial charge in [0.2, 0.25) is 5.91 Å².